The number of phenolic OH excluding ortho intramolecular Hbond substituents is 1. The van der Waals surface area contributed by atoms with Crippen LogP contribution < -0.4 is 5.32 Å². The Morgan fingerprint density at radius 2 is 2.31 bits per heavy atom. The SMILES string of the molecule is CCCC1CC1NCc1cc(F)ccc1O. The molecular weight excluding hydrogens is 205 g/mol. The molecule has 16 heavy (non-hydrogen) atoms. The summed E-state index contributed by atoms with van der Waals surface area (Å²) in [5.41, 5.74) is 0.641. The third-order valence-corrected chi connectivity index (χ3v) is 3.18. The highest BCUT2D eigenvalue weighted by molar-refractivity contribution is 5.32. The van der Waals surface area contributed by atoms with Gasteiger partial charge >= 0.3 is 0 Å². The lowest BCUT2D eigenvalue weighted by atomic mass is 10.2. The first-order valence-electron chi connectivity index (χ1n) is 5.91. The molecule has 1 saturated carbocycles. The van der Waals surface area contributed by atoms with Crippen molar-refractivity contribution in [3.63, 3.8) is 0 Å². The zero-order valence-corrected chi connectivity index (χ0v) is 9.54. The predicted molar refractivity (Wildman–Crippen MR) is 61.7 cm³/mol. The van der Waals surface area contributed by atoms with E-state index in [0.29, 0.717) is 18.2 Å². The molecule has 0 aliphatic heterocycles. The third kappa shape index (κ3) is 2.73. The molecule has 1 aromatic rings. The van der Waals surface area contributed by atoms with E-state index < -0.39 is 0 Å². The van der Waals surface area contributed by atoms with E-state index in [-0.39, 0.29) is 11.6 Å². The van der Waals surface area contributed by atoms with Crippen molar-refractivity contribution in [3.05, 3.63) is 29.6 Å². The molecule has 2 atom stereocenters. The first-order valence-corrected chi connectivity index (χ1v) is 5.91. The number of phenols is 1. The van der Waals surface area contributed by atoms with Crippen molar-refractivity contribution in [3.8, 4) is 5.75 Å². The van der Waals surface area contributed by atoms with Gasteiger partial charge in [-0.25, -0.2) is 4.39 Å². The highest BCUT2D eigenvalue weighted by Crippen LogP contribution is 2.35. The van der Waals surface area contributed by atoms with Crippen LogP contribution in [0.5, 0.6) is 5.75 Å². The van der Waals surface area contributed by atoms with Crippen molar-refractivity contribution in [2.45, 2.75) is 38.8 Å². The first kappa shape index (κ1) is 11.4. The average Bonchev–Trinajstić information content (AvgIpc) is 2.99. The van der Waals surface area contributed by atoms with Crippen molar-refractivity contribution in [2.75, 3.05) is 0 Å². The smallest absolute Gasteiger partial charge is 0.123 e. The summed E-state index contributed by atoms with van der Waals surface area (Å²) in [5.74, 6) is 0.651. The fraction of sp³-hybridized carbons (Fsp3) is 0.538. The molecule has 2 nitrogen and oxygen atoms in total. The lowest BCUT2D eigenvalue weighted by Crippen LogP contribution is -2.17. The van der Waals surface area contributed by atoms with E-state index in [0.717, 1.165) is 5.92 Å². The van der Waals surface area contributed by atoms with Crippen molar-refractivity contribution >= 4 is 0 Å². The van der Waals surface area contributed by atoms with Gasteiger partial charge in [-0.3, -0.25) is 0 Å². The van der Waals surface area contributed by atoms with Crippen LogP contribution >= 0.6 is 0 Å². The average molecular weight is 223 g/mol. The van der Waals surface area contributed by atoms with Gasteiger partial charge in [0.25, 0.3) is 0 Å². The molecule has 2 rings (SSSR count). The maximum atomic E-state index is 12.9. The highest BCUT2D eigenvalue weighted by Gasteiger charge is 2.35. The van der Waals surface area contributed by atoms with Crippen molar-refractivity contribution in [1.29, 1.82) is 0 Å². The zero-order chi connectivity index (χ0) is 11.5. The Labute approximate surface area is 95.5 Å². The van der Waals surface area contributed by atoms with E-state index in [1.54, 1.807) is 0 Å². The number of benzene rings is 1. The predicted octanol–water partition coefficient (Wildman–Crippen LogP) is 2.81. The summed E-state index contributed by atoms with van der Waals surface area (Å²) in [6, 6.07) is 4.63. The largest absolute Gasteiger partial charge is 0.508 e. The van der Waals surface area contributed by atoms with Gasteiger partial charge in [0, 0.05) is 18.2 Å². The Morgan fingerprint density at radius 1 is 1.50 bits per heavy atom. The van der Waals surface area contributed by atoms with Gasteiger partial charge in [-0.05, 0) is 37.0 Å². The normalized spacial score (nSPS) is 23.4. The topological polar surface area (TPSA) is 32.3 Å². The summed E-state index contributed by atoms with van der Waals surface area (Å²) in [6.07, 6.45) is 3.69. The second-order valence-electron chi connectivity index (χ2n) is 4.54. The Balaban J connectivity index is 1.84. The van der Waals surface area contributed by atoms with Gasteiger partial charge in [0.15, 0.2) is 0 Å². The van der Waals surface area contributed by atoms with Crippen LogP contribution in [0.15, 0.2) is 18.2 Å². The van der Waals surface area contributed by atoms with Gasteiger partial charge in [-0.1, -0.05) is 13.3 Å². The van der Waals surface area contributed by atoms with E-state index in [9.17, 15) is 9.50 Å². The maximum absolute atomic E-state index is 12.9. The lowest BCUT2D eigenvalue weighted by molar-refractivity contribution is 0.460. The van der Waals surface area contributed by atoms with Gasteiger partial charge in [0.05, 0.1) is 0 Å². The molecular formula is C13H18FNO. The molecule has 1 aliphatic carbocycles. The van der Waals surface area contributed by atoms with Gasteiger partial charge < -0.3 is 10.4 Å². The van der Waals surface area contributed by atoms with Gasteiger partial charge in [-0.2, -0.15) is 0 Å². The number of rotatable bonds is 5. The Morgan fingerprint density at radius 3 is 3.06 bits per heavy atom. The standard InChI is InChI=1S/C13H18FNO/c1-2-3-9-7-12(9)15-8-10-6-11(14)4-5-13(10)16/h4-6,9,12,15-16H,2-3,7-8H2,1H3. The molecule has 0 spiro atoms. The molecule has 2 N–H and O–H groups in total. The quantitative estimate of drug-likeness (QED) is 0.804. The number of hydrogen-bond acceptors (Lipinski definition) is 2. The molecule has 2 unspecified atom stereocenters. The summed E-state index contributed by atoms with van der Waals surface area (Å²) in [6.45, 7) is 2.74. The maximum Gasteiger partial charge on any atom is 0.123 e. The van der Waals surface area contributed by atoms with E-state index in [2.05, 4.69) is 12.2 Å². The minimum Gasteiger partial charge on any atom is -0.508 e. The molecule has 0 radical (unpaired) electrons. The second-order valence-corrected chi connectivity index (χ2v) is 4.54. The van der Waals surface area contributed by atoms with E-state index in [4.69, 9.17) is 0 Å². The fourth-order valence-corrected chi connectivity index (χ4v) is 2.12. The molecule has 1 aromatic carbocycles. The van der Waals surface area contributed by atoms with E-state index in [1.807, 2.05) is 0 Å². The van der Waals surface area contributed by atoms with E-state index >= 15 is 0 Å². The summed E-state index contributed by atoms with van der Waals surface area (Å²) in [5, 5.41) is 12.9. The molecule has 88 valence electrons. The summed E-state index contributed by atoms with van der Waals surface area (Å²) in [7, 11) is 0. The molecule has 0 aromatic heterocycles. The van der Waals surface area contributed by atoms with Crippen LogP contribution in [-0.4, -0.2) is 11.1 Å². The second kappa shape index (κ2) is 4.83. The summed E-state index contributed by atoms with van der Waals surface area (Å²) >= 11 is 0. The zero-order valence-electron chi connectivity index (χ0n) is 9.54. The van der Waals surface area contributed by atoms with Crippen LogP contribution in [-0.2, 0) is 6.54 Å². The van der Waals surface area contributed by atoms with Gasteiger partial charge in [0.2, 0.25) is 0 Å². The minimum atomic E-state index is -0.296. The Kier molecular flexibility index (Phi) is 3.44. The third-order valence-electron chi connectivity index (χ3n) is 3.18. The first-order chi connectivity index (χ1) is 7.70. The molecule has 1 aliphatic rings. The van der Waals surface area contributed by atoms with Crippen LogP contribution in [0, 0.1) is 11.7 Å². The molecule has 0 amide bonds. The minimum absolute atomic E-state index is 0.168. The van der Waals surface area contributed by atoms with Crippen molar-refractivity contribution < 1.29 is 9.50 Å². The molecule has 1 fully saturated rings. The Hall–Kier alpha value is -1.09. The number of halogens is 1. The number of hydrogen-bond donors (Lipinski definition) is 2. The monoisotopic (exact) mass is 223 g/mol. The highest BCUT2D eigenvalue weighted by atomic mass is 19.1. The van der Waals surface area contributed by atoms with Crippen LogP contribution in [0.1, 0.15) is 31.7 Å². The molecule has 0 bridgehead atoms. The van der Waals surface area contributed by atoms with Gasteiger partial charge in [-0.15, -0.1) is 0 Å². The van der Waals surface area contributed by atoms with Crippen LogP contribution in [0.4, 0.5) is 4.39 Å². The van der Waals surface area contributed by atoms with Crippen molar-refractivity contribution in [2.24, 2.45) is 5.92 Å². The fourth-order valence-electron chi connectivity index (χ4n) is 2.12. The lowest BCUT2D eigenvalue weighted by Gasteiger charge is -2.06. The van der Waals surface area contributed by atoms with Crippen molar-refractivity contribution in [1.82, 2.24) is 5.32 Å². The molecule has 3 heteroatoms. The molecule has 0 heterocycles. The molecule has 0 saturated heterocycles. The summed E-state index contributed by atoms with van der Waals surface area (Å²) in [4.78, 5) is 0. The number of aromatic hydroxyl groups is 1. The van der Waals surface area contributed by atoms with Crippen LogP contribution in [0.25, 0.3) is 0 Å². The summed E-state index contributed by atoms with van der Waals surface area (Å²) < 4.78 is 12.9. The number of nitrogens with one attached hydrogen (secondary N) is 1. The Bertz CT molecular complexity index is 367. The van der Waals surface area contributed by atoms with E-state index in [1.165, 1.54) is 37.5 Å². The van der Waals surface area contributed by atoms with Crippen LogP contribution in [0.2, 0.25) is 0 Å². The van der Waals surface area contributed by atoms with Gasteiger partial charge in [0.1, 0.15) is 11.6 Å². The van der Waals surface area contributed by atoms with Crippen LogP contribution in [0.3, 0.4) is 0 Å².